The first kappa shape index (κ1) is 69.4. The molecule has 0 amide bonds. The molecule has 6 heteroatoms. The van der Waals surface area contributed by atoms with Gasteiger partial charge in [-0.25, -0.2) is 0 Å². The Morgan fingerprint density at radius 2 is 0.465 bits per heavy atom. The number of carbonyl (C=O) groups excluding carboxylic acids is 3. The Labute approximate surface area is 444 Å². The first-order valence-corrected chi connectivity index (χ1v) is 32.2. The highest BCUT2D eigenvalue weighted by Gasteiger charge is 2.19. The van der Waals surface area contributed by atoms with Crippen molar-refractivity contribution in [1.82, 2.24) is 0 Å². The number of hydrogen-bond acceptors (Lipinski definition) is 6. The summed E-state index contributed by atoms with van der Waals surface area (Å²) in [6, 6.07) is 0. The molecule has 0 aromatic rings. The minimum atomic E-state index is -0.763. The van der Waals surface area contributed by atoms with Gasteiger partial charge >= 0.3 is 17.9 Å². The summed E-state index contributed by atoms with van der Waals surface area (Å²) in [4.78, 5) is 38.3. The van der Waals surface area contributed by atoms with E-state index < -0.39 is 6.10 Å². The Kier molecular flexibility index (Phi) is 56.4. The number of carbonyl (C=O) groups is 3. The first-order chi connectivity index (χ1) is 34.7. The van der Waals surface area contributed by atoms with E-state index in [0.717, 1.165) is 69.6 Å². The lowest BCUT2D eigenvalue weighted by Crippen LogP contribution is -2.30. The quantitative estimate of drug-likeness (QED) is 0.0343. The standard InChI is InChI=1S/C65H126O6/c1-6-7-8-9-10-11-12-13-18-27-32-37-42-47-52-57-65(68)71-62(59-70-64(67)56-51-46-41-36-31-26-22-21-24-29-34-39-44-49-54-61(4)5)58-69-63(66)55-50-45-40-35-30-25-20-17-15-14-16-19-23-28-33-38-43-48-53-60(2)3/h60-62H,6-59H2,1-5H3/t62-/m1/s1. The highest BCUT2D eigenvalue weighted by atomic mass is 16.6. The van der Waals surface area contributed by atoms with Gasteiger partial charge in [-0.2, -0.15) is 0 Å². The fourth-order valence-corrected chi connectivity index (χ4v) is 10.1. The molecule has 0 aliphatic heterocycles. The topological polar surface area (TPSA) is 78.9 Å². The molecule has 0 fully saturated rings. The van der Waals surface area contributed by atoms with Crippen LogP contribution in [-0.4, -0.2) is 37.2 Å². The second-order valence-electron chi connectivity index (χ2n) is 23.4. The Hall–Kier alpha value is -1.59. The lowest BCUT2D eigenvalue weighted by molar-refractivity contribution is -0.167. The highest BCUT2D eigenvalue weighted by molar-refractivity contribution is 5.71. The van der Waals surface area contributed by atoms with E-state index in [1.165, 1.54) is 257 Å². The third kappa shape index (κ3) is 59.2. The Morgan fingerprint density at radius 3 is 0.690 bits per heavy atom. The predicted molar refractivity (Wildman–Crippen MR) is 307 cm³/mol. The average molecular weight is 1000 g/mol. The summed E-state index contributed by atoms with van der Waals surface area (Å²) >= 11 is 0. The van der Waals surface area contributed by atoms with Gasteiger partial charge in [0.15, 0.2) is 6.10 Å². The van der Waals surface area contributed by atoms with Crippen molar-refractivity contribution >= 4 is 17.9 Å². The molecule has 0 radical (unpaired) electrons. The van der Waals surface area contributed by atoms with Crippen LogP contribution >= 0.6 is 0 Å². The maximum Gasteiger partial charge on any atom is 0.306 e. The van der Waals surface area contributed by atoms with Gasteiger partial charge in [-0.15, -0.1) is 0 Å². The number of rotatable bonds is 59. The van der Waals surface area contributed by atoms with E-state index in [1.807, 2.05) is 0 Å². The van der Waals surface area contributed by atoms with Crippen molar-refractivity contribution in [3.63, 3.8) is 0 Å². The van der Waals surface area contributed by atoms with Crippen LogP contribution in [0.5, 0.6) is 0 Å². The van der Waals surface area contributed by atoms with Gasteiger partial charge in [-0.1, -0.05) is 330 Å². The van der Waals surface area contributed by atoms with Gasteiger partial charge in [0.25, 0.3) is 0 Å². The maximum absolute atomic E-state index is 12.9. The van der Waals surface area contributed by atoms with Crippen LogP contribution in [0.25, 0.3) is 0 Å². The molecule has 1 atom stereocenters. The molecular formula is C65H126O6. The van der Waals surface area contributed by atoms with E-state index in [-0.39, 0.29) is 31.1 Å². The summed E-state index contributed by atoms with van der Waals surface area (Å²) in [6.07, 6.45) is 63.9. The number of esters is 3. The van der Waals surface area contributed by atoms with Crippen LogP contribution in [-0.2, 0) is 28.6 Å². The molecule has 6 nitrogen and oxygen atoms in total. The van der Waals surface area contributed by atoms with Crippen LogP contribution in [0.2, 0.25) is 0 Å². The van der Waals surface area contributed by atoms with Crippen molar-refractivity contribution < 1.29 is 28.6 Å². The summed E-state index contributed by atoms with van der Waals surface area (Å²) in [5, 5.41) is 0. The van der Waals surface area contributed by atoms with Crippen molar-refractivity contribution in [1.29, 1.82) is 0 Å². The minimum Gasteiger partial charge on any atom is -0.462 e. The Bertz CT molecular complexity index is 1090. The average Bonchev–Trinajstić information content (AvgIpc) is 3.35. The van der Waals surface area contributed by atoms with Gasteiger partial charge in [0.05, 0.1) is 0 Å². The van der Waals surface area contributed by atoms with E-state index in [0.29, 0.717) is 19.3 Å². The minimum absolute atomic E-state index is 0.0617. The van der Waals surface area contributed by atoms with Gasteiger partial charge in [-0.3, -0.25) is 14.4 Å². The molecule has 0 saturated carbocycles. The van der Waals surface area contributed by atoms with Crippen molar-refractivity contribution in [2.45, 2.75) is 375 Å². The summed E-state index contributed by atoms with van der Waals surface area (Å²) < 4.78 is 17.0. The number of ether oxygens (including phenoxy) is 3. The maximum atomic E-state index is 12.9. The van der Waals surface area contributed by atoms with E-state index in [1.54, 1.807) is 0 Å². The third-order valence-electron chi connectivity index (χ3n) is 15.0. The number of unbranched alkanes of at least 4 members (excludes halogenated alkanes) is 44. The third-order valence-corrected chi connectivity index (χ3v) is 15.0. The predicted octanol–water partition coefficient (Wildman–Crippen LogP) is 21.6. The second-order valence-corrected chi connectivity index (χ2v) is 23.4. The molecule has 0 heterocycles. The van der Waals surface area contributed by atoms with Crippen LogP contribution in [0.3, 0.4) is 0 Å². The zero-order chi connectivity index (χ0) is 51.8. The lowest BCUT2D eigenvalue weighted by Gasteiger charge is -2.18. The normalized spacial score (nSPS) is 12.0. The largest absolute Gasteiger partial charge is 0.462 e. The fraction of sp³-hybridized carbons (Fsp3) is 0.954. The zero-order valence-electron chi connectivity index (χ0n) is 48.9. The molecule has 0 bridgehead atoms. The molecule has 0 unspecified atom stereocenters. The second kappa shape index (κ2) is 57.7. The summed E-state index contributed by atoms with van der Waals surface area (Å²) in [6.45, 7) is 11.5. The zero-order valence-corrected chi connectivity index (χ0v) is 48.9. The van der Waals surface area contributed by atoms with Crippen LogP contribution in [0.15, 0.2) is 0 Å². The summed E-state index contributed by atoms with van der Waals surface area (Å²) in [5.41, 5.74) is 0. The summed E-state index contributed by atoms with van der Waals surface area (Å²) in [5.74, 6) is 0.874. The molecule has 0 aromatic carbocycles. The van der Waals surface area contributed by atoms with Gasteiger partial charge in [0, 0.05) is 19.3 Å². The molecule has 0 aliphatic carbocycles. The molecule has 0 rings (SSSR count). The van der Waals surface area contributed by atoms with E-state index in [2.05, 4.69) is 34.6 Å². The highest BCUT2D eigenvalue weighted by Crippen LogP contribution is 2.19. The van der Waals surface area contributed by atoms with E-state index >= 15 is 0 Å². The lowest BCUT2D eigenvalue weighted by atomic mass is 10.0. The molecule has 422 valence electrons. The smallest absolute Gasteiger partial charge is 0.306 e. The molecule has 71 heavy (non-hydrogen) atoms. The van der Waals surface area contributed by atoms with Gasteiger partial charge in [0.1, 0.15) is 13.2 Å². The van der Waals surface area contributed by atoms with Gasteiger partial charge in [-0.05, 0) is 31.1 Å². The summed E-state index contributed by atoms with van der Waals surface area (Å²) in [7, 11) is 0. The van der Waals surface area contributed by atoms with Crippen LogP contribution in [0.4, 0.5) is 0 Å². The Balaban J connectivity index is 4.26. The van der Waals surface area contributed by atoms with Crippen LogP contribution in [0.1, 0.15) is 369 Å². The monoisotopic (exact) mass is 1000 g/mol. The van der Waals surface area contributed by atoms with E-state index in [9.17, 15) is 14.4 Å². The molecule has 0 spiro atoms. The van der Waals surface area contributed by atoms with Crippen LogP contribution < -0.4 is 0 Å². The SMILES string of the molecule is CCCCCCCCCCCCCCCCCC(=O)O[C@H](COC(=O)CCCCCCCCCCCCCCCCCCCCC(C)C)COC(=O)CCCCCCCCCCCCCCCCC(C)C. The molecule has 0 N–H and O–H groups in total. The van der Waals surface area contributed by atoms with Crippen molar-refractivity contribution in [3.8, 4) is 0 Å². The number of hydrogen-bond donors (Lipinski definition) is 0. The van der Waals surface area contributed by atoms with Crippen LogP contribution in [0, 0.1) is 11.8 Å². The van der Waals surface area contributed by atoms with Gasteiger partial charge in [0.2, 0.25) is 0 Å². The fourth-order valence-electron chi connectivity index (χ4n) is 10.1. The van der Waals surface area contributed by atoms with Gasteiger partial charge < -0.3 is 14.2 Å². The molecule has 0 aliphatic rings. The molecule has 0 aromatic heterocycles. The van der Waals surface area contributed by atoms with E-state index in [4.69, 9.17) is 14.2 Å². The Morgan fingerprint density at radius 1 is 0.268 bits per heavy atom. The molecular weight excluding hydrogens is 877 g/mol. The van der Waals surface area contributed by atoms with Crippen molar-refractivity contribution in [3.05, 3.63) is 0 Å². The first-order valence-electron chi connectivity index (χ1n) is 32.2. The van der Waals surface area contributed by atoms with Crippen molar-refractivity contribution in [2.75, 3.05) is 13.2 Å². The van der Waals surface area contributed by atoms with Crippen molar-refractivity contribution in [2.24, 2.45) is 11.8 Å². The molecule has 0 saturated heterocycles.